The number of rotatable bonds is 4. The third-order valence-corrected chi connectivity index (χ3v) is 4.59. The van der Waals surface area contributed by atoms with E-state index < -0.39 is 10.8 Å². The minimum atomic E-state index is -0.590. The van der Waals surface area contributed by atoms with Crippen LogP contribution in [-0.2, 0) is 10.8 Å². The van der Waals surface area contributed by atoms with Gasteiger partial charge in [0.15, 0.2) is 0 Å². The first-order chi connectivity index (χ1) is 6.24. The molecule has 2 nitrogen and oxygen atoms in total. The first-order valence-corrected chi connectivity index (χ1v) is 6.64. The van der Waals surface area contributed by atoms with Gasteiger partial charge in [0.2, 0.25) is 0 Å². The highest BCUT2D eigenvalue weighted by Crippen LogP contribution is 2.26. The van der Waals surface area contributed by atoms with Gasteiger partial charge >= 0.3 is 0 Å². The maximum absolute atomic E-state index is 11.8. The summed E-state index contributed by atoms with van der Waals surface area (Å²) in [5.41, 5.74) is 0. The molecule has 3 atom stereocenters. The third-order valence-electron chi connectivity index (χ3n) is 2.81. The van der Waals surface area contributed by atoms with E-state index in [2.05, 4.69) is 12.2 Å². The maximum Gasteiger partial charge on any atom is 0.0362 e. The summed E-state index contributed by atoms with van der Waals surface area (Å²) in [7, 11) is 1.33. The highest BCUT2D eigenvalue weighted by molar-refractivity contribution is 7.85. The molecule has 0 heterocycles. The quantitative estimate of drug-likeness (QED) is 0.751. The van der Waals surface area contributed by atoms with Crippen LogP contribution in [0.5, 0.6) is 0 Å². The van der Waals surface area contributed by atoms with E-state index in [0.717, 1.165) is 18.2 Å². The van der Waals surface area contributed by atoms with Crippen molar-refractivity contribution >= 4 is 10.8 Å². The second kappa shape index (κ2) is 5.76. The van der Waals surface area contributed by atoms with Crippen LogP contribution in [0.3, 0.4) is 0 Å². The molecule has 0 spiro atoms. The fraction of sp³-hybridized carbons (Fsp3) is 1.00. The van der Waals surface area contributed by atoms with Crippen molar-refractivity contribution in [2.45, 2.75) is 37.9 Å². The van der Waals surface area contributed by atoms with Gasteiger partial charge in [0.25, 0.3) is 0 Å². The van der Waals surface area contributed by atoms with E-state index in [-0.39, 0.29) is 0 Å². The summed E-state index contributed by atoms with van der Waals surface area (Å²) in [5.74, 6) is 1.62. The summed E-state index contributed by atoms with van der Waals surface area (Å²) < 4.78 is 11.8. The minimum Gasteiger partial charge on any atom is -0.319 e. The molecule has 13 heavy (non-hydrogen) atoms. The van der Waals surface area contributed by atoms with Crippen LogP contribution in [0.25, 0.3) is 0 Å². The Kier molecular flexibility index (Phi) is 4.96. The van der Waals surface area contributed by atoms with Gasteiger partial charge in [0.1, 0.15) is 0 Å². The van der Waals surface area contributed by atoms with Gasteiger partial charge in [0.05, 0.1) is 0 Å². The Bertz CT molecular complexity index is 172. The lowest BCUT2D eigenvalue weighted by Gasteiger charge is -2.25. The molecule has 0 aromatic rings. The van der Waals surface area contributed by atoms with E-state index in [1.165, 1.54) is 25.7 Å². The van der Waals surface area contributed by atoms with Gasteiger partial charge in [-0.3, -0.25) is 4.21 Å². The van der Waals surface area contributed by atoms with Crippen molar-refractivity contribution in [3.8, 4) is 0 Å². The largest absolute Gasteiger partial charge is 0.319 e. The molecule has 0 aromatic carbocycles. The van der Waals surface area contributed by atoms with Crippen molar-refractivity contribution < 1.29 is 4.21 Å². The van der Waals surface area contributed by atoms with Crippen molar-refractivity contribution in [1.29, 1.82) is 0 Å². The molecular formula is C10H21NOS. The highest BCUT2D eigenvalue weighted by Gasteiger charge is 2.23. The van der Waals surface area contributed by atoms with Gasteiger partial charge in [0, 0.05) is 28.3 Å². The molecule has 0 bridgehead atoms. The number of nitrogens with one attached hydrogen (secondary N) is 1. The van der Waals surface area contributed by atoms with Gasteiger partial charge in [-0.15, -0.1) is 0 Å². The summed E-state index contributed by atoms with van der Waals surface area (Å²) in [4.78, 5) is 0. The van der Waals surface area contributed by atoms with Crippen LogP contribution in [0.4, 0.5) is 0 Å². The van der Waals surface area contributed by atoms with Gasteiger partial charge in [-0.2, -0.15) is 0 Å². The molecule has 1 aliphatic carbocycles. The Morgan fingerprint density at radius 3 is 2.85 bits per heavy atom. The van der Waals surface area contributed by atoms with Crippen molar-refractivity contribution in [1.82, 2.24) is 5.32 Å². The molecule has 78 valence electrons. The monoisotopic (exact) mass is 203 g/mol. The van der Waals surface area contributed by atoms with Crippen LogP contribution in [0, 0.1) is 5.92 Å². The molecule has 1 fully saturated rings. The van der Waals surface area contributed by atoms with E-state index in [0.29, 0.717) is 5.25 Å². The minimum absolute atomic E-state index is 0.483. The Balaban J connectivity index is 2.28. The molecule has 0 radical (unpaired) electrons. The van der Waals surface area contributed by atoms with Gasteiger partial charge < -0.3 is 5.32 Å². The average molecular weight is 203 g/mol. The van der Waals surface area contributed by atoms with Crippen LogP contribution in [0.2, 0.25) is 0 Å². The van der Waals surface area contributed by atoms with Crippen LogP contribution in [0.15, 0.2) is 0 Å². The van der Waals surface area contributed by atoms with Crippen LogP contribution >= 0.6 is 0 Å². The number of hydrogen-bond acceptors (Lipinski definition) is 2. The lowest BCUT2D eigenvalue weighted by molar-refractivity contribution is 0.389. The lowest BCUT2D eigenvalue weighted by Crippen LogP contribution is -2.27. The van der Waals surface area contributed by atoms with Crippen molar-refractivity contribution in [2.24, 2.45) is 5.92 Å². The first kappa shape index (κ1) is 11.2. The second-order valence-electron chi connectivity index (χ2n) is 4.08. The van der Waals surface area contributed by atoms with Crippen molar-refractivity contribution in [3.63, 3.8) is 0 Å². The van der Waals surface area contributed by atoms with E-state index in [1.54, 1.807) is 0 Å². The van der Waals surface area contributed by atoms with Gasteiger partial charge in [-0.25, -0.2) is 0 Å². The predicted octanol–water partition coefficient (Wildman–Crippen LogP) is 1.53. The molecule has 0 amide bonds. The van der Waals surface area contributed by atoms with Gasteiger partial charge in [-0.1, -0.05) is 19.8 Å². The summed E-state index contributed by atoms with van der Waals surface area (Å²) >= 11 is 0. The molecule has 1 N–H and O–H groups in total. The van der Waals surface area contributed by atoms with E-state index in [9.17, 15) is 4.21 Å². The molecule has 3 unspecified atom stereocenters. The van der Waals surface area contributed by atoms with E-state index in [1.807, 2.05) is 7.05 Å². The third kappa shape index (κ3) is 3.77. The van der Waals surface area contributed by atoms with Crippen LogP contribution in [-0.4, -0.2) is 28.8 Å². The topological polar surface area (TPSA) is 29.1 Å². The summed E-state index contributed by atoms with van der Waals surface area (Å²) in [5, 5.41) is 3.54. The zero-order valence-electron chi connectivity index (χ0n) is 8.71. The average Bonchev–Trinajstić information content (AvgIpc) is 2.14. The highest BCUT2D eigenvalue weighted by atomic mass is 32.2. The zero-order chi connectivity index (χ0) is 9.68. The predicted molar refractivity (Wildman–Crippen MR) is 58.4 cm³/mol. The molecule has 1 aliphatic rings. The zero-order valence-corrected chi connectivity index (χ0v) is 9.53. The van der Waals surface area contributed by atoms with E-state index in [4.69, 9.17) is 0 Å². The molecule has 0 aromatic heterocycles. The summed E-state index contributed by atoms with van der Waals surface area (Å²) in [6, 6.07) is 0. The molecular weight excluding hydrogens is 182 g/mol. The molecule has 0 aliphatic heterocycles. The molecule has 1 rings (SSSR count). The molecule has 3 heteroatoms. The lowest BCUT2D eigenvalue weighted by atomic mass is 9.91. The Morgan fingerprint density at radius 2 is 2.23 bits per heavy atom. The Morgan fingerprint density at radius 1 is 1.46 bits per heavy atom. The normalized spacial score (nSPS) is 31.5. The SMILES string of the molecule is CNCCS(=O)C1CCCC(C)C1. The van der Waals surface area contributed by atoms with Crippen LogP contribution in [0.1, 0.15) is 32.6 Å². The van der Waals surface area contributed by atoms with Crippen molar-refractivity contribution in [2.75, 3.05) is 19.3 Å². The first-order valence-electron chi connectivity index (χ1n) is 5.25. The Hall–Kier alpha value is 0.110. The standard InChI is InChI=1S/C10H21NOS/c1-9-4-3-5-10(8-9)13(12)7-6-11-2/h9-11H,3-8H2,1-2H3. The summed E-state index contributed by atoms with van der Waals surface area (Å²) in [6.45, 7) is 3.17. The van der Waals surface area contributed by atoms with Gasteiger partial charge in [-0.05, 0) is 25.8 Å². The molecule has 1 saturated carbocycles. The van der Waals surface area contributed by atoms with E-state index >= 15 is 0 Å². The summed E-state index contributed by atoms with van der Waals surface area (Å²) in [6.07, 6.45) is 4.97. The van der Waals surface area contributed by atoms with Crippen LogP contribution < -0.4 is 5.32 Å². The second-order valence-corrected chi connectivity index (χ2v) is 5.92. The molecule has 0 saturated heterocycles. The van der Waals surface area contributed by atoms with Crippen molar-refractivity contribution in [3.05, 3.63) is 0 Å². The fourth-order valence-corrected chi connectivity index (χ4v) is 3.70. The fourth-order valence-electron chi connectivity index (χ4n) is 1.99. The Labute approximate surface area is 83.9 Å². The maximum atomic E-state index is 11.8. The smallest absolute Gasteiger partial charge is 0.0362 e. The number of hydrogen-bond donors (Lipinski definition) is 1.